The summed E-state index contributed by atoms with van der Waals surface area (Å²) >= 11 is 10.4. The van der Waals surface area contributed by atoms with Crippen molar-refractivity contribution in [1.82, 2.24) is 0 Å². The van der Waals surface area contributed by atoms with Crippen LogP contribution in [0.4, 0.5) is 5.69 Å². The van der Waals surface area contributed by atoms with Gasteiger partial charge in [-0.2, -0.15) is 5.26 Å². The maximum absolute atomic E-state index is 12.8. The third kappa shape index (κ3) is 6.32. The molecule has 0 aliphatic carbocycles. The first kappa shape index (κ1) is 24.2. The maximum Gasteiger partial charge on any atom is 0.266 e. The number of anilines is 1. The number of rotatable bonds is 6. The van der Waals surface area contributed by atoms with Crippen LogP contribution in [0, 0.1) is 25.2 Å². The van der Waals surface area contributed by atoms with Crippen LogP contribution in [0.1, 0.15) is 22.3 Å². The van der Waals surface area contributed by atoms with Crippen LogP contribution < -0.4 is 10.1 Å². The molecule has 1 N–H and O–H groups in total. The van der Waals surface area contributed by atoms with E-state index in [-0.39, 0.29) is 5.57 Å². The molecule has 0 saturated heterocycles. The van der Waals surface area contributed by atoms with Crippen molar-refractivity contribution >= 4 is 65.5 Å². The number of aryl methyl sites for hydroxylation is 2. The summed E-state index contributed by atoms with van der Waals surface area (Å²) in [5.74, 6) is 0.0672. The van der Waals surface area contributed by atoms with E-state index in [0.717, 1.165) is 25.6 Å². The van der Waals surface area contributed by atoms with Crippen molar-refractivity contribution in [2.45, 2.75) is 20.5 Å². The van der Waals surface area contributed by atoms with Gasteiger partial charge in [0.15, 0.2) is 0 Å². The average Bonchev–Trinajstić information content (AvgIpc) is 2.74. The normalized spacial score (nSPS) is 11.1. The van der Waals surface area contributed by atoms with Crippen molar-refractivity contribution in [2.75, 3.05) is 5.32 Å². The number of carbonyl (C=O) groups excluding carboxylic acids is 1. The highest BCUT2D eigenvalue weighted by molar-refractivity contribution is 9.11. The summed E-state index contributed by atoms with van der Waals surface area (Å²) in [7, 11) is 0. The molecule has 162 valence electrons. The third-order valence-electron chi connectivity index (χ3n) is 4.63. The number of amides is 1. The van der Waals surface area contributed by atoms with Gasteiger partial charge in [-0.05, 0) is 77.3 Å². The number of nitrogens with one attached hydrogen (secondary N) is 1. The van der Waals surface area contributed by atoms with Gasteiger partial charge in [0.2, 0.25) is 0 Å². The van der Waals surface area contributed by atoms with Gasteiger partial charge in [-0.3, -0.25) is 4.79 Å². The van der Waals surface area contributed by atoms with E-state index in [1.807, 2.05) is 74.5 Å². The first-order valence-electron chi connectivity index (χ1n) is 9.63. The molecule has 0 aliphatic rings. The Morgan fingerprint density at radius 2 is 1.75 bits per heavy atom. The van der Waals surface area contributed by atoms with E-state index in [4.69, 9.17) is 4.74 Å². The van der Waals surface area contributed by atoms with Gasteiger partial charge in [-0.15, -0.1) is 0 Å². The summed E-state index contributed by atoms with van der Waals surface area (Å²) in [6.07, 6.45) is 1.53. The highest BCUT2D eigenvalue weighted by Gasteiger charge is 2.15. The standard InChI is InChI=1S/C25H19Br3N2O2/c1-15-3-8-23(16(2)9-15)30-25(31)19(13-29)10-18-11-21(27)12-22(28)24(18)32-14-17-4-6-20(26)7-5-17/h3-12H,14H2,1-2H3,(H,30,31)/b19-10+. The molecule has 0 spiro atoms. The summed E-state index contributed by atoms with van der Waals surface area (Å²) in [4.78, 5) is 12.8. The zero-order chi connectivity index (χ0) is 23.3. The fourth-order valence-electron chi connectivity index (χ4n) is 3.02. The molecule has 4 nitrogen and oxygen atoms in total. The number of carbonyl (C=O) groups is 1. The summed E-state index contributed by atoms with van der Waals surface area (Å²) < 4.78 is 8.55. The molecular weight excluding hydrogens is 600 g/mol. The first-order valence-corrected chi connectivity index (χ1v) is 12.0. The Kier molecular flexibility index (Phi) is 8.30. The SMILES string of the molecule is Cc1ccc(NC(=O)/C(C#N)=C/c2cc(Br)cc(Br)c2OCc2ccc(Br)cc2)c(C)c1. The van der Waals surface area contributed by atoms with Gasteiger partial charge in [0, 0.05) is 20.2 Å². The summed E-state index contributed by atoms with van der Waals surface area (Å²) in [6.45, 7) is 4.24. The molecule has 3 rings (SSSR count). The highest BCUT2D eigenvalue weighted by Crippen LogP contribution is 2.35. The number of hydrogen-bond acceptors (Lipinski definition) is 3. The Morgan fingerprint density at radius 3 is 2.41 bits per heavy atom. The quantitative estimate of drug-likeness (QED) is 0.227. The van der Waals surface area contributed by atoms with Crippen molar-refractivity contribution in [1.29, 1.82) is 5.26 Å². The Morgan fingerprint density at radius 1 is 1.03 bits per heavy atom. The van der Waals surface area contributed by atoms with Crippen molar-refractivity contribution in [2.24, 2.45) is 0 Å². The Bertz CT molecular complexity index is 1230. The van der Waals surface area contributed by atoms with Gasteiger partial charge in [0.25, 0.3) is 5.91 Å². The van der Waals surface area contributed by atoms with Crippen LogP contribution in [0.15, 0.2) is 73.6 Å². The van der Waals surface area contributed by atoms with E-state index in [0.29, 0.717) is 28.1 Å². The molecular formula is C25H19Br3N2O2. The van der Waals surface area contributed by atoms with E-state index in [1.165, 1.54) is 6.08 Å². The second-order valence-corrected chi connectivity index (χ2v) is 9.85. The summed E-state index contributed by atoms with van der Waals surface area (Å²) in [6, 6.07) is 19.2. The zero-order valence-electron chi connectivity index (χ0n) is 17.4. The highest BCUT2D eigenvalue weighted by atomic mass is 79.9. The molecule has 0 aromatic heterocycles. The minimum atomic E-state index is -0.477. The lowest BCUT2D eigenvalue weighted by molar-refractivity contribution is -0.112. The minimum absolute atomic E-state index is 0.0246. The predicted octanol–water partition coefficient (Wildman–Crippen LogP) is 7.72. The van der Waals surface area contributed by atoms with Crippen LogP contribution in [0.2, 0.25) is 0 Å². The van der Waals surface area contributed by atoms with Crippen LogP contribution in [-0.4, -0.2) is 5.91 Å². The van der Waals surface area contributed by atoms with E-state index >= 15 is 0 Å². The number of nitriles is 1. The van der Waals surface area contributed by atoms with Crippen molar-refractivity contribution in [3.8, 4) is 11.8 Å². The molecule has 3 aromatic carbocycles. The van der Waals surface area contributed by atoms with Gasteiger partial charge in [0.1, 0.15) is 24.0 Å². The molecule has 3 aromatic rings. The molecule has 0 fully saturated rings. The molecule has 0 atom stereocenters. The fraction of sp³-hybridized carbons (Fsp3) is 0.120. The topological polar surface area (TPSA) is 62.1 Å². The van der Waals surface area contributed by atoms with Crippen LogP contribution in [0.5, 0.6) is 5.75 Å². The van der Waals surface area contributed by atoms with Crippen LogP contribution in [0.3, 0.4) is 0 Å². The van der Waals surface area contributed by atoms with Gasteiger partial charge >= 0.3 is 0 Å². The summed E-state index contributed by atoms with van der Waals surface area (Å²) in [5, 5.41) is 12.5. The molecule has 0 radical (unpaired) electrons. The van der Waals surface area contributed by atoms with Crippen molar-refractivity contribution in [3.05, 3.63) is 95.8 Å². The van der Waals surface area contributed by atoms with Gasteiger partial charge in [-0.1, -0.05) is 61.7 Å². The molecule has 32 heavy (non-hydrogen) atoms. The lowest BCUT2D eigenvalue weighted by atomic mass is 10.1. The second-order valence-electron chi connectivity index (χ2n) is 7.16. The summed E-state index contributed by atoms with van der Waals surface area (Å²) in [5.41, 5.74) is 4.27. The average molecular weight is 619 g/mol. The van der Waals surface area contributed by atoms with Crippen molar-refractivity contribution < 1.29 is 9.53 Å². The first-order chi connectivity index (χ1) is 15.3. The van der Waals surface area contributed by atoms with Crippen LogP contribution >= 0.6 is 47.8 Å². The third-order valence-corrected chi connectivity index (χ3v) is 6.20. The van der Waals surface area contributed by atoms with Crippen LogP contribution in [-0.2, 0) is 11.4 Å². The molecule has 0 heterocycles. The molecule has 1 amide bonds. The minimum Gasteiger partial charge on any atom is -0.487 e. The smallest absolute Gasteiger partial charge is 0.266 e. The second kappa shape index (κ2) is 11.0. The maximum atomic E-state index is 12.8. The lowest BCUT2D eigenvalue weighted by Gasteiger charge is -2.13. The van der Waals surface area contributed by atoms with E-state index < -0.39 is 5.91 Å². The monoisotopic (exact) mass is 616 g/mol. The number of hydrogen-bond donors (Lipinski definition) is 1. The number of benzene rings is 3. The molecule has 0 saturated carbocycles. The number of halogens is 3. The molecule has 0 bridgehead atoms. The lowest BCUT2D eigenvalue weighted by Crippen LogP contribution is -2.14. The van der Waals surface area contributed by atoms with E-state index in [2.05, 4.69) is 53.1 Å². The van der Waals surface area contributed by atoms with E-state index in [9.17, 15) is 10.1 Å². The Labute approximate surface area is 212 Å². The van der Waals surface area contributed by atoms with Gasteiger partial charge < -0.3 is 10.1 Å². The van der Waals surface area contributed by atoms with Gasteiger partial charge in [0.05, 0.1) is 4.47 Å². The number of nitrogens with zero attached hydrogens (tertiary/aromatic N) is 1. The predicted molar refractivity (Wildman–Crippen MR) is 138 cm³/mol. The van der Waals surface area contributed by atoms with Crippen LogP contribution in [0.25, 0.3) is 6.08 Å². The fourth-order valence-corrected chi connectivity index (χ4v) is 4.66. The zero-order valence-corrected chi connectivity index (χ0v) is 22.1. The van der Waals surface area contributed by atoms with Crippen molar-refractivity contribution in [3.63, 3.8) is 0 Å². The van der Waals surface area contributed by atoms with E-state index in [1.54, 1.807) is 0 Å². The van der Waals surface area contributed by atoms with Gasteiger partial charge in [-0.25, -0.2) is 0 Å². The Balaban J connectivity index is 1.89. The largest absolute Gasteiger partial charge is 0.487 e. The molecule has 7 heteroatoms. The molecule has 0 aliphatic heterocycles. The Hall–Kier alpha value is -2.40. The number of ether oxygens (including phenoxy) is 1. The molecule has 0 unspecified atom stereocenters.